The average molecular weight is 280 g/mol. The minimum atomic E-state index is -0.306. The Kier molecular flexibility index (Phi) is 3.99. The summed E-state index contributed by atoms with van der Waals surface area (Å²) in [4.78, 5) is 20.8. The number of carbonyl (C=O) groups excluding carboxylic acids is 1. The van der Waals surface area contributed by atoms with Crippen molar-refractivity contribution in [3.05, 3.63) is 52.1 Å². The average Bonchev–Trinajstić information content (AvgIpc) is 2.42. The van der Waals surface area contributed by atoms with E-state index in [2.05, 4.69) is 15.3 Å². The lowest BCUT2D eigenvalue weighted by Gasteiger charge is -2.12. The molecule has 5 heteroatoms. The Labute approximate surface area is 123 Å². The van der Waals surface area contributed by atoms with Gasteiger partial charge in [-0.15, -0.1) is 0 Å². The summed E-state index contributed by atoms with van der Waals surface area (Å²) < 4.78 is 0. The molecule has 0 bridgehead atoms. The van der Waals surface area contributed by atoms with Crippen LogP contribution in [0.1, 0.15) is 38.7 Å². The second-order valence-corrected chi connectivity index (χ2v) is 4.94. The number of nitrogens with one attached hydrogen (secondary N) is 1. The highest BCUT2D eigenvalue weighted by molar-refractivity contribution is 6.03. The van der Waals surface area contributed by atoms with Crippen LogP contribution in [0.25, 0.3) is 0 Å². The van der Waals surface area contributed by atoms with Crippen LogP contribution in [0.5, 0.6) is 0 Å². The second kappa shape index (κ2) is 5.71. The number of anilines is 1. The molecular formula is C16H16N4O. The monoisotopic (exact) mass is 280 g/mol. The molecule has 1 amide bonds. The molecule has 0 spiro atoms. The molecule has 106 valence electrons. The first-order valence-electron chi connectivity index (χ1n) is 6.56. The third kappa shape index (κ3) is 3.06. The van der Waals surface area contributed by atoms with Crippen molar-refractivity contribution in [2.24, 2.45) is 0 Å². The first-order chi connectivity index (χ1) is 9.92. The maximum Gasteiger partial charge on any atom is 0.274 e. The van der Waals surface area contributed by atoms with Crippen molar-refractivity contribution in [1.29, 1.82) is 5.26 Å². The number of aryl methyl sites for hydroxylation is 4. The number of nitriles is 1. The summed E-state index contributed by atoms with van der Waals surface area (Å²) in [5.74, 6) is -0.306. The maximum atomic E-state index is 12.3. The van der Waals surface area contributed by atoms with Crippen molar-refractivity contribution in [1.82, 2.24) is 9.97 Å². The Morgan fingerprint density at radius 1 is 1.14 bits per heavy atom. The number of carbonyl (C=O) groups is 1. The van der Waals surface area contributed by atoms with Crippen LogP contribution < -0.4 is 5.32 Å². The molecule has 0 radical (unpaired) electrons. The molecule has 2 aromatic rings. The lowest BCUT2D eigenvalue weighted by Crippen LogP contribution is -2.16. The minimum absolute atomic E-state index is 0.283. The molecule has 0 saturated heterocycles. The predicted molar refractivity (Wildman–Crippen MR) is 80.1 cm³/mol. The van der Waals surface area contributed by atoms with Gasteiger partial charge in [-0.05, 0) is 51.5 Å². The number of hydrogen-bond donors (Lipinski definition) is 1. The van der Waals surface area contributed by atoms with E-state index < -0.39 is 0 Å². The first kappa shape index (κ1) is 14.7. The van der Waals surface area contributed by atoms with Gasteiger partial charge in [0.2, 0.25) is 0 Å². The third-order valence-electron chi connectivity index (χ3n) is 3.20. The van der Waals surface area contributed by atoms with Crippen molar-refractivity contribution in [3.8, 4) is 6.07 Å². The quantitative estimate of drug-likeness (QED) is 0.917. The van der Waals surface area contributed by atoms with E-state index in [0.717, 1.165) is 17.0 Å². The maximum absolute atomic E-state index is 12.3. The van der Waals surface area contributed by atoms with Crippen LogP contribution in [0.3, 0.4) is 0 Å². The van der Waals surface area contributed by atoms with Crippen LogP contribution in [-0.4, -0.2) is 15.9 Å². The van der Waals surface area contributed by atoms with E-state index in [4.69, 9.17) is 5.26 Å². The number of pyridine rings is 2. The van der Waals surface area contributed by atoms with E-state index in [1.54, 1.807) is 19.1 Å². The van der Waals surface area contributed by atoms with Gasteiger partial charge < -0.3 is 5.32 Å². The molecule has 1 N–H and O–H groups in total. The van der Waals surface area contributed by atoms with Crippen LogP contribution >= 0.6 is 0 Å². The summed E-state index contributed by atoms with van der Waals surface area (Å²) in [5.41, 5.74) is 4.64. The van der Waals surface area contributed by atoms with Crippen LogP contribution in [0.15, 0.2) is 18.2 Å². The molecule has 2 heterocycles. The van der Waals surface area contributed by atoms with Crippen LogP contribution in [-0.2, 0) is 0 Å². The molecular weight excluding hydrogens is 264 g/mol. The Balaban J connectivity index is 2.31. The largest absolute Gasteiger partial charge is 0.319 e. The van der Waals surface area contributed by atoms with E-state index in [1.165, 1.54) is 0 Å². The number of amides is 1. The van der Waals surface area contributed by atoms with Crippen LogP contribution in [0.4, 0.5) is 5.69 Å². The number of nitrogens with zero attached hydrogens (tertiary/aromatic N) is 3. The summed E-state index contributed by atoms with van der Waals surface area (Å²) in [5, 5.41) is 11.7. The Morgan fingerprint density at radius 2 is 1.86 bits per heavy atom. The van der Waals surface area contributed by atoms with Crippen molar-refractivity contribution < 1.29 is 4.79 Å². The highest BCUT2D eigenvalue weighted by atomic mass is 16.1. The second-order valence-electron chi connectivity index (χ2n) is 4.94. The molecule has 0 aliphatic rings. The van der Waals surface area contributed by atoms with Gasteiger partial charge in [-0.2, -0.15) is 5.26 Å². The van der Waals surface area contributed by atoms with E-state index >= 15 is 0 Å². The molecule has 0 aliphatic heterocycles. The Morgan fingerprint density at radius 3 is 2.43 bits per heavy atom. The lowest BCUT2D eigenvalue weighted by atomic mass is 10.1. The van der Waals surface area contributed by atoms with Gasteiger partial charge in [0.15, 0.2) is 0 Å². The molecule has 5 nitrogen and oxygen atoms in total. The Hall–Kier alpha value is -2.74. The van der Waals surface area contributed by atoms with Gasteiger partial charge in [0.05, 0.1) is 22.6 Å². The Bertz CT molecular complexity index is 736. The van der Waals surface area contributed by atoms with Gasteiger partial charge in [0.1, 0.15) is 11.8 Å². The van der Waals surface area contributed by atoms with E-state index in [0.29, 0.717) is 16.9 Å². The number of hydrogen-bond acceptors (Lipinski definition) is 4. The van der Waals surface area contributed by atoms with E-state index in [9.17, 15) is 4.79 Å². The van der Waals surface area contributed by atoms with Gasteiger partial charge in [-0.1, -0.05) is 0 Å². The minimum Gasteiger partial charge on any atom is -0.319 e. The molecule has 2 rings (SSSR count). The van der Waals surface area contributed by atoms with Crippen molar-refractivity contribution in [2.75, 3.05) is 5.32 Å². The van der Waals surface area contributed by atoms with Crippen LogP contribution in [0, 0.1) is 39.0 Å². The fraction of sp³-hybridized carbons (Fsp3) is 0.250. The summed E-state index contributed by atoms with van der Waals surface area (Å²) in [6, 6.07) is 7.10. The molecule has 21 heavy (non-hydrogen) atoms. The molecule has 0 saturated carbocycles. The fourth-order valence-electron chi connectivity index (χ4n) is 2.20. The summed E-state index contributed by atoms with van der Waals surface area (Å²) in [6.45, 7) is 7.40. The van der Waals surface area contributed by atoms with Crippen LogP contribution in [0.2, 0.25) is 0 Å². The lowest BCUT2D eigenvalue weighted by molar-refractivity contribution is 0.102. The number of rotatable bonds is 2. The zero-order valence-electron chi connectivity index (χ0n) is 12.5. The molecule has 0 fully saturated rings. The molecule has 2 aromatic heterocycles. The fourth-order valence-corrected chi connectivity index (χ4v) is 2.20. The van der Waals surface area contributed by atoms with Gasteiger partial charge in [-0.25, -0.2) is 4.98 Å². The van der Waals surface area contributed by atoms with Crippen molar-refractivity contribution in [3.63, 3.8) is 0 Å². The standard InChI is InChI=1S/C16H16N4O/c1-9-7-10(2)18-12(4)15(9)20-16(21)14-6-5-13(8-17)11(3)19-14/h5-7H,1-4H3,(H,20,21). The summed E-state index contributed by atoms with van der Waals surface area (Å²) >= 11 is 0. The molecule has 0 aliphatic carbocycles. The van der Waals surface area contributed by atoms with Crippen molar-refractivity contribution in [2.45, 2.75) is 27.7 Å². The zero-order chi connectivity index (χ0) is 15.6. The predicted octanol–water partition coefficient (Wildman–Crippen LogP) is 2.83. The molecule has 0 aromatic carbocycles. The summed E-state index contributed by atoms with van der Waals surface area (Å²) in [6.07, 6.45) is 0. The normalized spacial score (nSPS) is 10.0. The van der Waals surface area contributed by atoms with Gasteiger partial charge in [0.25, 0.3) is 5.91 Å². The number of aromatic nitrogens is 2. The van der Waals surface area contributed by atoms with Gasteiger partial charge in [-0.3, -0.25) is 9.78 Å². The SMILES string of the molecule is Cc1cc(C)c(NC(=O)c2ccc(C#N)c(C)n2)c(C)n1. The van der Waals surface area contributed by atoms with Gasteiger partial charge >= 0.3 is 0 Å². The summed E-state index contributed by atoms with van der Waals surface area (Å²) in [7, 11) is 0. The highest BCUT2D eigenvalue weighted by Gasteiger charge is 2.13. The molecule has 0 atom stereocenters. The van der Waals surface area contributed by atoms with Crippen molar-refractivity contribution >= 4 is 11.6 Å². The highest BCUT2D eigenvalue weighted by Crippen LogP contribution is 2.20. The molecule has 0 unspecified atom stereocenters. The topological polar surface area (TPSA) is 78.7 Å². The van der Waals surface area contributed by atoms with E-state index in [-0.39, 0.29) is 11.6 Å². The van der Waals surface area contributed by atoms with E-state index in [1.807, 2.05) is 32.9 Å². The third-order valence-corrected chi connectivity index (χ3v) is 3.20. The van der Waals surface area contributed by atoms with Gasteiger partial charge in [0, 0.05) is 5.69 Å². The zero-order valence-corrected chi connectivity index (χ0v) is 12.5. The smallest absolute Gasteiger partial charge is 0.274 e. The first-order valence-corrected chi connectivity index (χ1v) is 6.56.